The number of carbonyl (C=O) groups excluding carboxylic acids is 1. The molecule has 0 aliphatic heterocycles. The van der Waals surface area contributed by atoms with Gasteiger partial charge in [-0.3, -0.25) is 4.79 Å². The molecule has 0 saturated carbocycles. The summed E-state index contributed by atoms with van der Waals surface area (Å²) in [6.45, 7) is 4.02. The molecule has 1 aromatic carbocycles. The first kappa shape index (κ1) is 19.0. The van der Waals surface area contributed by atoms with Gasteiger partial charge in [-0.1, -0.05) is 68.3 Å². The Labute approximate surface area is 143 Å². The molecule has 22 heavy (non-hydrogen) atoms. The van der Waals surface area contributed by atoms with E-state index in [1.54, 1.807) is 12.1 Å². The van der Waals surface area contributed by atoms with Crippen LogP contribution in [0.15, 0.2) is 23.3 Å². The highest BCUT2D eigenvalue weighted by molar-refractivity contribution is 6.42. The summed E-state index contributed by atoms with van der Waals surface area (Å²) in [5, 5.41) is 5.09. The molecule has 3 nitrogen and oxygen atoms in total. The van der Waals surface area contributed by atoms with Gasteiger partial charge in [0.1, 0.15) is 0 Å². The minimum atomic E-state index is -0.0464. The summed E-state index contributed by atoms with van der Waals surface area (Å²) in [5.74, 6) is -0.0464. The predicted octanol–water partition coefficient (Wildman–Crippen LogP) is 5.58. The number of nitrogens with one attached hydrogen (secondary N) is 1. The smallest absolute Gasteiger partial charge is 0.240 e. The van der Waals surface area contributed by atoms with Gasteiger partial charge >= 0.3 is 0 Å². The number of hydrogen-bond acceptors (Lipinski definition) is 2. The maximum absolute atomic E-state index is 11.7. The summed E-state index contributed by atoms with van der Waals surface area (Å²) in [7, 11) is 0. The second-order valence-electron chi connectivity index (χ2n) is 5.38. The van der Waals surface area contributed by atoms with E-state index >= 15 is 0 Å². The third kappa shape index (κ3) is 7.28. The number of hydrazone groups is 1. The van der Waals surface area contributed by atoms with Gasteiger partial charge in [-0.15, -0.1) is 0 Å². The molecule has 0 saturated heterocycles. The van der Waals surface area contributed by atoms with Gasteiger partial charge in [0.2, 0.25) is 5.91 Å². The van der Waals surface area contributed by atoms with E-state index in [9.17, 15) is 4.79 Å². The van der Waals surface area contributed by atoms with Crippen LogP contribution in [0.3, 0.4) is 0 Å². The Hall–Kier alpha value is -1.06. The molecule has 0 fully saturated rings. The number of hydrogen-bond donors (Lipinski definition) is 1. The van der Waals surface area contributed by atoms with Crippen molar-refractivity contribution in [1.29, 1.82) is 0 Å². The molecule has 0 bridgehead atoms. The van der Waals surface area contributed by atoms with Crippen LogP contribution in [0.5, 0.6) is 0 Å². The predicted molar refractivity (Wildman–Crippen MR) is 94.8 cm³/mol. The zero-order valence-corrected chi connectivity index (χ0v) is 14.8. The molecular weight excluding hydrogens is 319 g/mol. The minimum Gasteiger partial charge on any atom is -0.273 e. The Morgan fingerprint density at radius 1 is 1.09 bits per heavy atom. The number of carbonyl (C=O) groups is 1. The first-order valence-electron chi connectivity index (χ1n) is 7.83. The Morgan fingerprint density at radius 2 is 1.77 bits per heavy atom. The molecule has 1 rings (SSSR count). The van der Waals surface area contributed by atoms with Crippen LogP contribution in [0.4, 0.5) is 0 Å². The van der Waals surface area contributed by atoms with Gasteiger partial charge in [-0.25, -0.2) is 5.43 Å². The van der Waals surface area contributed by atoms with Crippen molar-refractivity contribution in [1.82, 2.24) is 5.43 Å². The van der Waals surface area contributed by atoms with Gasteiger partial charge < -0.3 is 0 Å². The van der Waals surface area contributed by atoms with E-state index in [1.165, 1.54) is 25.7 Å². The molecule has 5 heteroatoms. The van der Waals surface area contributed by atoms with E-state index < -0.39 is 0 Å². The highest BCUT2D eigenvalue weighted by Gasteiger charge is 2.04. The monoisotopic (exact) mass is 342 g/mol. The Kier molecular flexibility index (Phi) is 9.17. The van der Waals surface area contributed by atoms with Crippen molar-refractivity contribution in [2.75, 3.05) is 0 Å². The van der Waals surface area contributed by atoms with Crippen LogP contribution in [0.2, 0.25) is 10.0 Å². The van der Waals surface area contributed by atoms with Gasteiger partial charge in [0.05, 0.1) is 15.8 Å². The maximum atomic E-state index is 11.7. The molecule has 0 aliphatic carbocycles. The van der Waals surface area contributed by atoms with E-state index in [4.69, 9.17) is 23.2 Å². The number of amides is 1. The standard InChI is InChI=1S/C17H24Cl2N2O/c1-3-4-5-6-7-8-9-17(22)21-20-13(2)14-10-11-15(18)16(19)12-14/h10-12H,3-9H2,1-2H3,(H,21,22)/b20-13+. The van der Waals surface area contributed by atoms with E-state index in [2.05, 4.69) is 17.5 Å². The SMILES string of the molecule is CCCCCCCCC(=O)N/N=C(\C)c1ccc(Cl)c(Cl)c1. The fourth-order valence-electron chi connectivity index (χ4n) is 2.05. The molecule has 0 aliphatic rings. The van der Waals surface area contributed by atoms with Crippen molar-refractivity contribution >= 4 is 34.8 Å². The minimum absolute atomic E-state index is 0.0464. The zero-order valence-electron chi connectivity index (χ0n) is 13.3. The third-order valence-electron chi connectivity index (χ3n) is 3.44. The van der Waals surface area contributed by atoms with Crippen LogP contribution in [0.1, 0.15) is 64.4 Å². The maximum Gasteiger partial charge on any atom is 0.240 e. The third-order valence-corrected chi connectivity index (χ3v) is 4.18. The van der Waals surface area contributed by atoms with Crippen LogP contribution < -0.4 is 5.43 Å². The number of halogens is 2. The van der Waals surface area contributed by atoms with Gasteiger partial charge in [0.25, 0.3) is 0 Å². The summed E-state index contributed by atoms with van der Waals surface area (Å²) in [5.41, 5.74) is 4.14. The summed E-state index contributed by atoms with van der Waals surface area (Å²) < 4.78 is 0. The Balaban J connectivity index is 2.33. The Bertz CT molecular complexity index is 515. The van der Waals surface area contributed by atoms with E-state index in [0.29, 0.717) is 22.2 Å². The van der Waals surface area contributed by atoms with E-state index in [1.807, 2.05) is 13.0 Å². The van der Waals surface area contributed by atoms with Gasteiger partial charge in [0, 0.05) is 6.42 Å². The van der Waals surface area contributed by atoms with Gasteiger partial charge in [-0.05, 0) is 31.0 Å². The number of rotatable bonds is 9. The topological polar surface area (TPSA) is 41.5 Å². The molecule has 1 N–H and O–H groups in total. The second-order valence-corrected chi connectivity index (χ2v) is 6.19. The van der Waals surface area contributed by atoms with Crippen LogP contribution in [-0.4, -0.2) is 11.6 Å². The zero-order chi connectivity index (χ0) is 16.4. The van der Waals surface area contributed by atoms with Crippen molar-refractivity contribution in [2.45, 2.75) is 58.8 Å². The van der Waals surface area contributed by atoms with Crippen molar-refractivity contribution in [3.05, 3.63) is 33.8 Å². The number of benzene rings is 1. The fourth-order valence-corrected chi connectivity index (χ4v) is 2.35. The average molecular weight is 343 g/mol. The second kappa shape index (κ2) is 10.6. The lowest BCUT2D eigenvalue weighted by molar-refractivity contribution is -0.121. The molecule has 0 radical (unpaired) electrons. The average Bonchev–Trinajstić information content (AvgIpc) is 2.51. The molecule has 0 heterocycles. The fraction of sp³-hybridized carbons (Fsp3) is 0.529. The molecule has 1 aromatic rings. The van der Waals surface area contributed by atoms with Crippen molar-refractivity contribution in [2.24, 2.45) is 5.10 Å². The summed E-state index contributed by atoms with van der Waals surface area (Å²) in [6.07, 6.45) is 7.51. The van der Waals surface area contributed by atoms with E-state index in [0.717, 1.165) is 18.4 Å². The van der Waals surface area contributed by atoms with Crippen LogP contribution in [0.25, 0.3) is 0 Å². The quantitative estimate of drug-likeness (QED) is 0.355. The van der Waals surface area contributed by atoms with Crippen molar-refractivity contribution in [3.8, 4) is 0 Å². The molecular formula is C17H24Cl2N2O. The molecule has 0 spiro atoms. The molecule has 0 aromatic heterocycles. The summed E-state index contributed by atoms with van der Waals surface area (Å²) in [6, 6.07) is 5.28. The highest BCUT2D eigenvalue weighted by Crippen LogP contribution is 2.22. The summed E-state index contributed by atoms with van der Waals surface area (Å²) in [4.78, 5) is 11.7. The number of nitrogens with zero attached hydrogens (tertiary/aromatic N) is 1. The first-order chi connectivity index (χ1) is 10.5. The molecule has 1 amide bonds. The van der Waals surface area contributed by atoms with Crippen molar-refractivity contribution in [3.63, 3.8) is 0 Å². The highest BCUT2D eigenvalue weighted by atomic mass is 35.5. The van der Waals surface area contributed by atoms with Crippen LogP contribution in [-0.2, 0) is 4.79 Å². The van der Waals surface area contributed by atoms with Crippen LogP contribution in [0, 0.1) is 0 Å². The van der Waals surface area contributed by atoms with Gasteiger partial charge in [-0.2, -0.15) is 5.10 Å². The lowest BCUT2D eigenvalue weighted by Gasteiger charge is -2.04. The first-order valence-corrected chi connectivity index (χ1v) is 8.58. The molecule has 0 unspecified atom stereocenters. The molecule has 122 valence electrons. The normalized spacial score (nSPS) is 11.5. The van der Waals surface area contributed by atoms with E-state index in [-0.39, 0.29) is 5.91 Å². The van der Waals surface area contributed by atoms with Crippen LogP contribution >= 0.6 is 23.2 Å². The van der Waals surface area contributed by atoms with Gasteiger partial charge in [0.15, 0.2) is 0 Å². The largest absolute Gasteiger partial charge is 0.273 e. The Morgan fingerprint density at radius 3 is 2.45 bits per heavy atom. The number of unbranched alkanes of at least 4 members (excludes halogenated alkanes) is 5. The lowest BCUT2D eigenvalue weighted by Crippen LogP contribution is -2.18. The lowest BCUT2D eigenvalue weighted by atomic mass is 10.1. The molecule has 0 atom stereocenters. The summed E-state index contributed by atoms with van der Waals surface area (Å²) >= 11 is 11.8. The van der Waals surface area contributed by atoms with Crippen molar-refractivity contribution < 1.29 is 4.79 Å².